The third kappa shape index (κ3) is 3.02. The van der Waals surface area contributed by atoms with Gasteiger partial charge in [-0.15, -0.1) is 0 Å². The van der Waals surface area contributed by atoms with Gasteiger partial charge in [0.1, 0.15) is 10.8 Å². The van der Waals surface area contributed by atoms with E-state index in [9.17, 15) is 4.79 Å². The highest BCUT2D eigenvalue weighted by atomic mass is 32.2. The van der Waals surface area contributed by atoms with Crippen molar-refractivity contribution in [3.8, 4) is 5.75 Å². The predicted octanol–water partition coefficient (Wildman–Crippen LogP) is 3.83. The molecule has 2 aromatic rings. The van der Waals surface area contributed by atoms with Crippen LogP contribution in [0.3, 0.4) is 0 Å². The lowest BCUT2D eigenvalue weighted by atomic mass is 9.85. The van der Waals surface area contributed by atoms with Crippen LogP contribution in [0.4, 0.5) is 0 Å². The van der Waals surface area contributed by atoms with Crippen molar-refractivity contribution in [2.45, 2.75) is 39.0 Å². The van der Waals surface area contributed by atoms with Crippen LogP contribution >= 0.6 is 11.8 Å². The molecule has 1 aliphatic heterocycles. The minimum atomic E-state index is 0.00608. The number of thioether (sulfide) groups is 1. The van der Waals surface area contributed by atoms with Gasteiger partial charge in [-0.05, 0) is 17.5 Å². The average molecular weight is 330 g/mol. The summed E-state index contributed by atoms with van der Waals surface area (Å²) in [5.74, 6) is 0.729. The second-order valence-electron chi connectivity index (χ2n) is 7.03. The molecule has 0 radical (unpaired) electrons. The fraction of sp³-hybridized carbons (Fsp3) is 0.444. The average Bonchev–Trinajstić information content (AvgIpc) is 2.88. The Morgan fingerprint density at radius 2 is 2.00 bits per heavy atom. The third-order valence-corrected chi connectivity index (χ3v) is 5.33. The Bertz CT molecular complexity index is 833. The molecule has 2 heterocycles. The van der Waals surface area contributed by atoms with E-state index < -0.39 is 0 Å². The maximum atomic E-state index is 12.4. The number of benzene rings is 1. The fourth-order valence-corrected chi connectivity index (χ4v) is 4.37. The Morgan fingerprint density at radius 1 is 1.26 bits per heavy atom. The number of nitrogens with zero attached hydrogens (tertiary/aromatic N) is 1. The number of ether oxygens (including phenoxy) is 1. The number of methoxy groups -OCH3 is 1. The van der Waals surface area contributed by atoms with E-state index in [1.54, 1.807) is 37.1 Å². The zero-order valence-corrected chi connectivity index (χ0v) is 15.0. The molecule has 3 rings (SSSR count). The standard InChI is InChI=1S/C18H22N2O2S/c1-10-16(18(2,3)4)20-17(23-10)14-9-15(21)12-7-6-11(22-5)8-13(12)19-14/h6-10,16H,1-5H3,(H,19,21). The largest absolute Gasteiger partial charge is 0.497 e. The van der Waals surface area contributed by atoms with Gasteiger partial charge in [-0.1, -0.05) is 39.5 Å². The molecule has 2 unspecified atom stereocenters. The molecule has 4 nitrogen and oxygen atoms in total. The van der Waals surface area contributed by atoms with Crippen molar-refractivity contribution in [2.24, 2.45) is 10.4 Å². The number of aliphatic imine (C=N–C) groups is 1. The van der Waals surface area contributed by atoms with Crippen molar-refractivity contribution in [1.29, 1.82) is 0 Å². The van der Waals surface area contributed by atoms with Crippen LogP contribution < -0.4 is 10.2 Å². The van der Waals surface area contributed by atoms with Crippen LogP contribution in [-0.2, 0) is 0 Å². The molecular weight excluding hydrogens is 308 g/mol. The molecule has 0 fully saturated rings. The highest BCUT2D eigenvalue weighted by Gasteiger charge is 2.36. The first kappa shape index (κ1) is 16.1. The van der Waals surface area contributed by atoms with Gasteiger partial charge in [-0.25, -0.2) is 0 Å². The molecule has 0 saturated heterocycles. The van der Waals surface area contributed by atoms with Crippen LogP contribution in [0.1, 0.15) is 33.4 Å². The van der Waals surface area contributed by atoms with E-state index in [2.05, 4.69) is 32.7 Å². The van der Waals surface area contributed by atoms with E-state index in [0.29, 0.717) is 10.6 Å². The maximum Gasteiger partial charge on any atom is 0.190 e. The zero-order valence-electron chi connectivity index (χ0n) is 14.1. The molecule has 0 amide bonds. The fourth-order valence-electron chi connectivity index (χ4n) is 3.01. The number of fused-ring (bicyclic) bond motifs is 1. The van der Waals surface area contributed by atoms with Crippen molar-refractivity contribution >= 4 is 27.7 Å². The van der Waals surface area contributed by atoms with Crippen LogP contribution in [0.15, 0.2) is 34.1 Å². The molecule has 1 N–H and O–H groups in total. The molecular formula is C18H22N2O2S. The molecule has 0 bridgehead atoms. The van der Waals surface area contributed by atoms with Crippen LogP contribution in [0.25, 0.3) is 10.9 Å². The number of rotatable bonds is 2. The summed E-state index contributed by atoms with van der Waals surface area (Å²) in [4.78, 5) is 20.6. The summed E-state index contributed by atoms with van der Waals surface area (Å²) in [6, 6.07) is 7.34. The molecule has 122 valence electrons. The van der Waals surface area contributed by atoms with E-state index in [4.69, 9.17) is 9.73 Å². The van der Waals surface area contributed by atoms with Gasteiger partial charge in [-0.2, -0.15) is 0 Å². The highest BCUT2D eigenvalue weighted by molar-refractivity contribution is 8.15. The van der Waals surface area contributed by atoms with Crippen LogP contribution in [0, 0.1) is 5.41 Å². The van der Waals surface area contributed by atoms with Crippen molar-refractivity contribution in [3.63, 3.8) is 0 Å². The minimum Gasteiger partial charge on any atom is -0.497 e. The van der Waals surface area contributed by atoms with Crippen molar-refractivity contribution in [3.05, 3.63) is 40.2 Å². The molecule has 0 saturated carbocycles. The number of pyridine rings is 1. The van der Waals surface area contributed by atoms with Crippen molar-refractivity contribution in [1.82, 2.24) is 4.98 Å². The molecule has 23 heavy (non-hydrogen) atoms. The number of hydrogen-bond donors (Lipinski definition) is 1. The molecule has 1 aromatic carbocycles. The van der Waals surface area contributed by atoms with Gasteiger partial charge >= 0.3 is 0 Å². The van der Waals surface area contributed by atoms with E-state index >= 15 is 0 Å². The van der Waals surface area contributed by atoms with Gasteiger partial charge in [0.25, 0.3) is 0 Å². The summed E-state index contributed by atoms with van der Waals surface area (Å²) < 4.78 is 5.25. The van der Waals surface area contributed by atoms with E-state index in [0.717, 1.165) is 22.0 Å². The molecule has 5 heteroatoms. The summed E-state index contributed by atoms with van der Waals surface area (Å²) in [7, 11) is 1.62. The monoisotopic (exact) mass is 330 g/mol. The Labute approximate surface area is 140 Å². The number of hydrogen-bond acceptors (Lipinski definition) is 4. The first-order valence-electron chi connectivity index (χ1n) is 7.75. The Morgan fingerprint density at radius 3 is 2.61 bits per heavy atom. The summed E-state index contributed by atoms with van der Waals surface area (Å²) in [5.41, 5.74) is 1.68. The summed E-state index contributed by atoms with van der Waals surface area (Å²) in [5, 5.41) is 1.98. The first-order valence-corrected chi connectivity index (χ1v) is 8.63. The first-order chi connectivity index (χ1) is 10.8. The number of nitrogens with one attached hydrogen (secondary N) is 1. The molecule has 0 spiro atoms. The van der Waals surface area contributed by atoms with Gasteiger partial charge in [-0.3, -0.25) is 9.79 Å². The normalized spacial score (nSPS) is 21.5. The molecule has 1 aliphatic rings. The van der Waals surface area contributed by atoms with Gasteiger partial charge in [0.05, 0.1) is 24.4 Å². The van der Waals surface area contributed by atoms with Crippen molar-refractivity contribution < 1.29 is 4.74 Å². The van der Waals surface area contributed by atoms with Gasteiger partial charge < -0.3 is 9.72 Å². The smallest absolute Gasteiger partial charge is 0.190 e. The van der Waals surface area contributed by atoms with E-state index in [-0.39, 0.29) is 16.9 Å². The lowest BCUT2D eigenvalue weighted by molar-refractivity contribution is 0.325. The molecule has 0 aliphatic carbocycles. The van der Waals surface area contributed by atoms with Gasteiger partial charge in [0.15, 0.2) is 5.43 Å². The van der Waals surface area contributed by atoms with Crippen LogP contribution in [0.5, 0.6) is 5.75 Å². The number of aromatic nitrogens is 1. The summed E-state index contributed by atoms with van der Waals surface area (Å²) in [6.07, 6.45) is 0. The van der Waals surface area contributed by atoms with Crippen LogP contribution in [-0.4, -0.2) is 28.4 Å². The van der Waals surface area contributed by atoms with E-state index in [1.165, 1.54) is 0 Å². The minimum absolute atomic E-state index is 0.00608. The second-order valence-corrected chi connectivity index (χ2v) is 8.39. The summed E-state index contributed by atoms with van der Waals surface area (Å²) in [6.45, 7) is 8.80. The third-order valence-electron chi connectivity index (χ3n) is 4.15. The quantitative estimate of drug-likeness (QED) is 0.910. The summed E-state index contributed by atoms with van der Waals surface area (Å²) >= 11 is 1.73. The Kier molecular flexibility index (Phi) is 4.00. The Hall–Kier alpha value is -1.75. The SMILES string of the molecule is COc1ccc2c(=O)cc(C3=NC(C(C)(C)C)C(C)S3)[nH]c2c1. The van der Waals surface area contributed by atoms with E-state index in [1.807, 2.05) is 6.07 Å². The van der Waals surface area contributed by atoms with Gasteiger partial charge in [0, 0.05) is 22.8 Å². The van der Waals surface area contributed by atoms with Crippen molar-refractivity contribution in [2.75, 3.05) is 7.11 Å². The highest BCUT2D eigenvalue weighted by Crippen LogP contribution is 2.38. The van der Waals surface area contributed by atoms with Gasteiger partial charge in [0.2, 0.25) is 0 Å². The lowest BCUT2D eigenvalue weighted by Gasteiger charge is -2.27. The lowest BCUT2D eigenvalue weighted by Crippen LogP contribution is -2.29. The number of aromatic amines is 1. The topological polar surface area (TPSA) is 54.4 Å². The van der Waals surface area contributed by atoms with Crippen LogP contribution in [0.2, 0.25) is 0 Å². The number of H-pyrrole nitrogens is 1. The second kappa shape index (κ2) is 5.71. The molecule has 2 atom stereocenters. The maximum absolute atomic E-state index is 12.4. The Balaban J connectivity index is 2.09. The zero-order chi connectivity index (χ0) is 16.8. The predicted molar refractivity (Wildman–Crippen MR) is 98.0 cm³/mol. The molecule has 1 aromatic heterocycles.